The first kappa shape index (κ1) is 19.8. The molecule has 2 atom stereocenters. The van der Waals surface area contributed by atoms with E-state index in [2.05, 4.69) is 0 Å². The molecule has 1 N–H and O–H groups in total. The zero-order chi connectivity index (χ0) is 21.9. The molecule has 2 aliphatic rings. The highest BCUT2D eigenvalue weighted by atomic mass is 31.1. The molecule has 31 heavy (non-hydrogen) atoms. The number of methoxy groups -OCH3 is 1. The Hall–Kier alpha value is -3.13. The molecule has 3 aromatic rings. The highest BCUT2D eigenvalue weighted by molar-refractivity contribution is 7.32. The van der Waals surface area contributed by atoms with E-state index in [0.717, 1.165) is 10.9 Å². The number of aromatic nitrogens is 2. The van der Waals surface area contributed by atoms with Gasteiger partial charge in [0.15, 0.2) is 0 Å². The molecule has 9 nitrogen and oxygen atoms in total. The van der Waals surface area contributed by atoms with Gasteiger partial charge >= 0.3 is 14.2 Å². The van der Waals surface area contributed by atoms with E-state index in [9.17, 15) is 19.0 Å². The van der Waals surface area contributed by atoms with Crippen molar-refractivity contribution in [2.24, 2.45) is 0 Å². The Kier molecular flexibility index (Phi) is 4.44. The maximum absolute atomic E-state index is 13.4. The molecule has 0 aliphatic carbocycles. The predicted octanol–water partition coefficient (Wildman–Crippen LogP) is 2.76. The van der Waals surface area contributed by atoms with Gasteiger partial charge in [-0.15, -0.1) is 4.89 Å². The lowest BCUT2D eigenvalue weighted by molar-refractivity contribution is -0.169. The Morgan fingerprint density at radius 2 is 2.06 bits per heavy atom. The van der Waals surface area contributed by atoms with Crippen molar-refractivity contribution in [3.63, 3.8) is 0 Å². The van der Waals surface area contributed by atoms with E-state index in [0.29, 0.717) is 22.7 Å². The van der Waals surface area contributed by atoms with Crippen LogP contribution in [-0.4, -0.2) is 27.5 Å². The number of fused-ring (bicyclic) bond motifs is 5. The van der Waals surface area contributed by atoms with Crippen molar-refractivity contribution in [3.05, 3.63) is 57.4 Å². The van der Waals surface area contributed by atoms with Crippen molar-refractivity contribution >= 4 is 25.1 Å². The minimum Gasteiger partial charge on any atom is -0.496 e. The number of para-hydroxylation sites is 1. The number of rotatable bonds is 4. The summed E-state index contributed by atoms with van der Waals surface area (Å²) in [6.45, 7) is 1.65. The molecule has 5 rings (SSSR count). The molecule has 0 saturated heterocycles. The van der Waals surface area contributed by atoms with E-state index in [1.165, 1.54) is 0 Å². The normalized spacial score (nSPS) is 19.5. The molecule has 158 valence electrons. The van der Waals surface area contributed by atoms with Crippen molar-refractivity contribution in [1.29, 1.82) is 0 Å². The second-order valence-electron chi connectivity index (χ2n) is 7.39. The summed E-state index contributed by atoms with van der Waals surface area (Å²) in [6, 6.07) is 9.15. The third-order valence-electron chi connectivity index (χ3n) is 5.95. The second kappa shape index (κ2) is 6.95. The maximum Gasteiger partial charge on any atom is 0.696 e. The molecule has 0 bridgehead atoms. The number of nitrogens with zero attached hydrogens (tertiary/aromatic N) is 2. The fourth-order valence-corrected chi connectivity index (χ4v) is 5.07. The Labute approximate surface area is 177 Å². The first-order valence-corrected chi connectivity index (χ1v) is 10.8. The number of hydrogen-bond donors (Lipinski definition) is 1. The summed E-state index contributed by atoms with van der Waals surface area (Å²) in [5, 5.41) is 0.830. The summed E-state index contributed by atoms with van der Waals surface area (Å²) >= 11 is 0. The monoisotopic (exact) mass is 441 g/mol. The summed E-state index contributed by atoms with van der Waals surface area (Å²) in [6.07, 6.45) is 0.0185. The van der Waals surface area contributed by atoms with Gasteiger partial charge in [0.25, 0.3) is 5.56 Å². The molecule has 0 saturated carbocycles. The number of hydrogen-bond acceptors (Lipinski definition) is 7. The molecule has 1 unspecified atom stereocenters. The van der Waals surface area contributed by atoms with Gasteiger partial charge < -0.3 is 14.0 Å². The van der Waals surface area contributed by atoms with E-state index < -0.39 is 19.8 Å². The predicted molar refractivity (Wildman–Crippen MR) is 110 cm³/mol. The topological polar surface area (TPSA) is 117 Å². The summed E-state index contributed by atoms with van der Waals surface area (Å²) in [5.41, 5.74) is 0.768. The van der Waals surface area contributed by atoms with Crippen molar-refractivity contribution in [2.45, 2.75) is 32.1 Å². The molecule has 2 aromatic heterocycles. The molecular weight excluding hydrogens is 423 g/mol. The van der Waals surface area contributed by atoms with Gasteiger partial charge in [-0.1, -0.05) is 23.6 Å². The first-order valence-electron chi connectivity index (χ1n) is 9.67. The average Bonchev–Trinajstić information content (AvgIpc) is 3.12. The fraction of sp³-hybridized carbons (Fsp3) is 0.286. The van der Waals surface area contributed by atoms with Crippen LogP contribution in [0.2, 0.25) is 0 Å². The van der Waals surface area contributed by atoms with Crippen LogP contribution in [0.5, 0.6) is 5.75 Å². The zero-order valence-corrected chi connectivity index (χ0v) is 17.6. The van der Waals surface area contributed by atoms with Crippen LogP contribution in [-0.2, 0) is 37.4 Å². The Balaban J connectivity index is 1.82. The van der Waals surface area contributed by atoms with Crippen LogP contribution in [0.4, 0.5) is 0 Å². The van der Waals surface area contributed by atoms with Crippen LogP contribution >= 0.6 is 8.25 Å². The van der Waals surface area contributed by atoms with Crippen molar-refractivity contribution in [2.75, 3.05) is 7.11 Å². The zero-order valence-electron chi connectivity index (χ0n) is 16.7. The molecule has 0 spiro atoms. The minimum absolute atomic E-state index is 0.0185. The molecule has 2 aliphatic heterocycles. The number of cyclic esters (lactones) is 1. The number of pyridine rings is 2. The van der Waals surface area contributed by atoms with E-state index in [4.69, 9.17) is 19.0 Å². The van der Waals surface area contributed by atoms with E-state index in [-0.39, 0.29) is 36.3 Å². The first-order chi connectivity index (χ1) is 14.9. The van der Waals surface area contributed by atoms with Crippen LogP contribution in [0.3, 0.4) is 0 Å². The van der Waals surface area contributed by atoms with Gasteiger partial charge in [-0.05, 0) is 24.6 Å². The molecular formula is C21H18N2O7P+. The summed E-state index contributed by atoms with van der Waals surface area (Å²) in [5.74, 6) is -0.169. The third-order valence-corrected chi connectivity index (χ3v) is 6.42. The summed E-state index contributed by atoms with van der Waals surface area (Å²) < 4.78 is 29.1. The van der Waals surface area contributed by atoms with Gasteiger partial charge in [-0.25, -0.2) is 9.78 Å². The van der Waals surface area contributed by atoms with E-state index in [1.807, 2.05) is 24.3 Å². The molecule has 4 heterocycles. The van der Waals surface area contributed by atoms with Gasteiger partial charge in [0, 0.05) is 21.1 Å². The largest absolute Gasteiger partial charge is 0.696 e. The molecule has 0 radical (unpaired) electrons. The fourth-order valence-electron chi connectivity index (χ4n) is 4.50. The van der Waals surface area contributed by atoms with Gasteiger partial charge in [-0.3, -0.25) is 4.79 Å². The number of ether oxygens (including phenoxy) is 2. The lowest BCUT2D eigenvalue weighted by atomic mass is 9.86. The smallest absolute Gasteiger partial charge is 0.496 e. The van der Waals surface area contributed by atoms with Crippen LogP contribution in [0.1, 0.15) is 30.0 Å². The van der Waals surface area contributed by atoms with Gasteiger partial charge in [-0.2, -0.15) is 0 Å². The molecule has 0 fully saturated rings. The molecule has 10 heteroatoms. The van der Waals surface area contributed by atoms with E-state index in [1.54, 1.807) is 24.7 Å². The Bertz CT molecular complexity index is 1350. The quantitative estimate of drug-likeness (QED) is 0.380. The van der Waals surface area contributed by atoms with E-state index >= 15 is 0 Å². The van der Waals surface area contributed by atoms with Crippen molar-refractivity contribution < 1.29 is 28.3 Å². The van der Waals surface area contributed by atoms with Crippen LogP contribution in [0, 0.1) is 0 Å². The molecule has 1 aromatic carbocycles. The minimum atomic E-state index is -3.12. The number of carbonyl (C=O) groups excluding carboxylic acids is 1. The van der Waals surface area contributed by atoms with Gasteiger partial charge in [0.2, 0.25) is 5.60 Å². The van der Waals surface area contributed by atoms with Crippen LogP contribution in [0.25, 0.3) is 22.3 Å². The highest BCUT2D eigenvalue weighted by Gasteiger charge is 2.54. The van der Waals surface area contributed by atoms with Crippen LogP contribution < -0.4 is 10.3 Å². The lowest BCUT2D eigenvalue weighted by Crippen LogP contribution is -2.45. The third kappa shape index (κ3) is 2.67. The summed E-state index contributed by atoms with van der Waals surface area (Å²) in [4.78, 5) is 40.2. The SMILES string of the molecule is CC[C@@]1(O[P+](=O)O)C(=O)OCc2c1cc1n(c2=O)Cc2c-1nc1ccccc1c2OC. The standard InChI is InChI=1S/C21H17N2O7P/c1-3-21(30-31(26)27)14-8-16-17-12(9-23(16)19(24)13(14)10-29-20(21)25)18(28-2)11-6-4-5-7-15(11)22-17/h4-8H,3,9-10H2,1-2H3/p+1/t21-/m0/s1. The Morgan fingerprint density at radius 3 is 2.77 bits per heavy atom. The molecule has 0 amide bonds. The van der Waals surface area contributed by atoms with Crippen LogP contribution in [0.15, 0.2) is 35.1 Å². The van der Waals surface area contributed by atoms with Crippen molar-refractivity contribution in [1.82, 2.24) is 9.55 Å². The van der Waals surface area contributed by atoms with Gasteiger partial charge in [0.05, 0.1) is 36.1 Å². The van der Waals surface area contributed by atoms with Gasteiger partial charge in [0.1, 0.15) is 12.4 Å². The second-order valence-corrected chi connectivity index (χ2v) is 8.05. The van der Waals surface area contributed by atoms with Crippen molar-refractivity contribution in [3.8, 4) is 17.1 Å². The number of esters is 1. The maximum atomic E-state index is 13.4. The number of carbonyl (C=O) groups is 1. The highest BCUT2D eigenvalue weighted by Crippen LogP contribution is 2.46. The lowest BCUT2D eigenvalue weighted by Gasteiger charge is -2.31. The summed E-state index contributed by atoms with van der Waals surface area (Å²) in [7, 11) is -1.56. The average molecular weight is 441 g/mol. The number of benzene rings is 1. The Morgan fingerprint density at radius 1 is 1.29 bits per heavy atom.